The van der Waals surface area contributed by atoms with Gasteiger partial charge in [-0.1, -0.05) is 18.2 Å². The summed E-state index contributed by atoms with van der Waals surface area (Å²) < 4.78 is 24.9. The number of rotatable bonds is 9. The van der Waals surface area contributed by atoms with Crippen LogP contribution in [0, 0.1) is 5.82 Å². The van der Waals surface area contributed by atoms with E-state index in [9.17, 15) is 9.18 Å². The number of halogens is 2. The van der Waals surface area contributed by atoms with Crippen LogP contribution in [-0.2, 0) is 9.53 Å². The summed E-state index contributed by atoms with van der Waals surface area (Å²) in [6.45, 7) is 8.40. The number of morpholine rings is 1. The number of anilines is 3. The number of carbonyl (C=O) groups is 1. The topological polar surface area (TPSA) is 88.6 Å². The fourth-order valence-corrected chi connectivity index (χ4v) is 3.71. The number of carbonyl (C=O) groups excluding carboxylic acids is 1. The summed E-state index contributed by atoms with van der Waals surface area (Å²) in [7, 11) is 0. The lowest BCUT2D eigenvalue weighted by Gasteiger charge is -2.26. The largest absolute Gasteiger partial charge is 0.493 e. The van der Waals surface area contributed by atoms with E-state index in [-0.39, 0.29) is 11.0 Å². The SMILES string of the molecule is C=CC(=O)Nc1nc(Nc2ccc(F)c(Cl)c2)c2ccc(OCCCN3CCOCC3)cc2n1. The van der Waals surface area contributed by atoms with E-state index in [4.69, 9.17) is 21.1 Å². The molecule has 0 radical (unpaired) electrons. The van der Waals surface area contributed by atoms with Gasteiger partial charge in [-0.05, 0) is 42.8 Å². The molecule has 8 nitrogen and oxygen atoms in total. The molecule has 0 saturated carbocycles. The second-order valence-electron chi connectivity index (χ2n) is 7.68. The highest BCUT2D eigenvalue weighted by Crippen LogP contribution is 2.29. The minimum Gasteiger partial charge on any atom is -0.493 e. The van der Waals surface area contributed by atoms with Crippen molar-refractivity contribution < 1.29 is 18.7 Å². The number of hydrogen-bond donors (Lipinski definition) is 2. The average Bonchev–Trinajstić information content (AvgIpc) is 2.84. The minimum absolute atomic E-state index is 0.0173. The Hall–Kier alpha value is -3.27. The summed E-state index contributed by atoms with van der Waals surface area (Å²) in [5.74, 6) is 0.216. The maximum Gasteiger partial charge on any atom is 0.250 e. The molecule has 1 aliphatic rings. The monoisotopic (exact) mass is 485 g/mol. The van der Waals surface area contributed by atoms with Gasteiger partial charge in [-0.15, -0.1) is 0 Å². The Balaban J connectivity index is 1.53. The molecule has 178 valence electrons. The number of hydrogen-bond acceptors (Lipinski definition) is 7. The zero-order valence-electron chi connectivity index (χ0n) is 18.5. The zero-order chi connectivity index (χ0) is 23.9. The highest BCUT2D eigenvalue weighted by molar-refractivity contribution is 6.31. The predicted octanol–water partition coefficient (Wildman–Crippen LogP) is 4.39. The molecule has 0 atom stereocenters. The smallest absolute Gasteiger partial charge is 0.250 e. The molecule has 0 aliphatic carbocycles. The van der Waals surface area contributed by atoms with E-state index in [2.05, 4.69) is 32.1 Å². The molecule has 0 bridgehead atoms. The van der Waals surface area contributed by atoms with Crippen molar-refractivity contribution in [2.75, 3.05) is 50.1 Å². The van der Waals surface area contributed by atoms with E-state index in [1.54, 1.807) is 12.1 Å². The maximum atomic E-state index is 13.6. The fourth-order valence-electron chi connectivity index (χ4n) is 3.53. The van der Waals surface area contributed by atoms with Crippen LogP contribution < -0.4 is 15.4 Å². The third-order valence-electron chi connectivity index (χ3n) is 5.26. The normalized spacial score (nSPS) is 14.1. The lowest BCUT2D eigenvalue weighted by atomic mass is 10.2. The molecule has 1 aromatic heterocycles. The number of nitrogens with one attached hydrogen (secondary N) is 2. The summed E-state index contributed by atoms with van der Waals surface area (Å²) in [5.41, 5.74) is 1.10. The van der Waals surface area contributed by atoms with Gasteiger partial charge >= 0.3 is 0 Å². The van der Waals surface area contributed by atoms with Crippen molar-refractivity contribution in [2.45, 2.75) is 6.42 Å². The van der Waals surface area contributed by atoms with Crippen LogP contribution in [0.5, 0.6) is 5.75 Å². The molecular weight excluding hydrogens is 461 g/mol. The summed E-state index contributed by atoms with van der Waals surface area (Å²) >= 11 is 5.91. The van der Waals surface area contributed by atoms with Gasteiger partial charge in [-0.25, -0.2) is 9.37 Å². The van der Waals surface area contributed by atoms with Crippen LogP contribution in [0.25, 0.3) is 10.9 Å². The van der Waals surface area contributed by atoms with E-state index < -0.39 is 11.7 Å². The Morgan fingerprint density at radius 2 is 2.06 bits per heavy atom. The van der Waals surface area contributed by atoms with E-state index in [0.717, 1.165) is 45.3 Å². The van der Waals surface area contributed by atoms with E-state index in [1.165, 1.54) is 12.1 Å². The van der Waals surface area contributed by atoms with Gasteiger partial charge in [0.15, 0.2) is 0 Å². The van der Waals surface area contributed by atoms with Crippen LogP contribution in [-0.4, -0.2) is 60.2 Å². The van der Waals surface area contributed by atoms with Crippen molar-refractivity contribution in [3.8, 4) is 5.75 Å². The van der Waals surface area contributed by atoms with E-state index in [1.807, 2.05) is 12.1 Å². The Morgan fingerprint density at radius 3 is 2.82 bits per heavy atom. The Morgan fingerprint density at radius 1 is 1.24 bits per heavy atom. The first-order valence-corrected chi connectivity index (χ1v) is 11.3. The number of nitrogens with zero attached hydrogens (tertiary/aromatic N) is 3. The lowest BCUT2D eigenvalue weighted by Crippen LogP contribution is -2.37. The molecule has 4 rings (SSSR count). The second-order valence-corrected chi connectivity index (χ2v) is 8.09. The number of benzene rings is 2. The summed E-state index contributed by atoms with van der Waals surface area (Å²) in [4.78, 5) is 23.0. The van der Waals surface area contributed by atoms with Gasteiger partial charge in [0.05, 0.1) is 30.4 Å². The Labute approximate surface area is 201 Å². The Kier molecular flexibility index (Phi) is 7.89. The molecule has 1 fully saturated rings. The number of ether oxygens (including phenoxy) is 2. The highest BCUT2D eigenvalue weighted by atomic mass is 35.5. The van der Waals surface area contributed by atoms with Crippen molar-refractivity contribution in [1.29, 1.82) is 0 Å². The molecule has 1 aliphatic heterocycles. The summed E-state index contributed by atoms with van der Waals surface area (Å²) in [6, 6.07) is 9.72. The third-order valence-corrected chi connectivity index (χ3v) is 5.55. The van der Waals surface area contributed by atoms with Gasteiger partial charge in [-0.2, -0.15) is 4.98 Å². The van der Waals surface area contributed by atoms with E-state index >= 15 is 0 Å². The molecule has 0 spiro atoms. The summed E-state index contributed by atoms with van der Waals surface area (Å²) in [5, 5.41) is 6.37. The van der Waals surface area contributed by atoms with Crippen molar-refractivity contribution in [3.63, 3.8) is 0 Å². The third kappa shape index (κ3) is 6.19. The Bertz CT molecular complexity index is 1190. The molecule has 1 amide bonds. The predicted molar refractivity (Wildman–Crippen MR) is 130 cm³/mol. The van der Waals surface area contributed by atoms with Gasteiger partial charge < -0.3 is 14.8 Å². The molecular formula is C24H25ClFN5O3. The molecule has 1 saturated heterocycles. The van der Waals surface area contributed by atoms with Crippen molar-refractivity contribution in [1.82, 2.24) is 14.9 Å². The molecule has 2 heterocycles. The van der Waals surface area contributed by atoms with E-state index in [0.29, 0.717) is 34.8 Å². The highest BCUT2D eigenvalue weighted by Gasteiger charge is 2.13. The first-order chi connectivity index (χ1) is 16.5. The quantitative estimate of drug-likeness (QED) is 0.343. The van der Waals surface area contributed by atoms with Crippen molar-refractivity contribution in [2.24, 2.45) is 0 Å². The second kappa shape index (κ2) is 11.2. The minimum atomic E-state index is -0.519. The first kappa shape index (κ1) is 23.9. The van der Waals surface area contributed by atoms with Crippen LogP contribution in [0.15, 0.2) is 49.1 Å². The lowest BCUT2D eigenvalue weighted by molar-refractivity contribution is -0.111. The molecule has 34 heavy (non-hydrogen) atoms. The number of aromatic nitrogens is 2. The van der Waals surface area contributed by atoms with Gasteiger partial charge in [0, 0.05) is 36.8 Å². The van der Waals surface area contributed by atoms with Crippen molar-refractivity contribution >= 4 is 45.9 Å². The van der Waals surface area contributed by atoms with Crippen LogP contribution in [0.3, 0.4) is 0 Å². The summed E-state index contributed by atoms with van der Waals surface area (Å²) in [6.07, 6.45) is 2.02. The fraction of sp³-hybridized carbons (Fsp3) is 0.292. The van der Waals surface area contributed by atoms with Crippen LogP contribution in [0.1, 0.15) is 6.42 Å². The molecule has 2 N–H and O–H groups in total. The van der Waals surface area contributed by atoms with Gasteiger partial charge in [0.25, 0.3) is 0 Å². The number of amides is 1. The zero-order valence-corrected chi connectivity index (χ0v) is 19.3. The molecule has 3 aromatic rings. The maximum absolute atomic E-state index is 13.6. The first-order valence-electron chi connectivity index (χ1n) is 10.9. The van der Waals surface area contributed by atoms with Crippen LogP contribution in [0.2, 0.25) is 5.02 Å². The number of fused-ring (bicyclic) bond motifs is 1. The van der Waals surface area contributed by atoms with Gasteiger partial charge in [0.2, 0.25) is 11.9 Å². The van der Waals surface area contributed by atoms with Crippen LogP contribution in [0.4, 0.5) is 21.8 Å². The van der Waals surface area contributed by atoms with Crippen molar-refractivity contribution in [3.05, 3.63) is 59.9 Å². The standard InChI is InChI=1S/C24H25ClFN5O3/c1-2-22(32)29-24-28-21-15-17(34-11-3-8-31-9-12-33-13-10-31)5-6-18(21)23(30-24)27-16-4-7-20(26)19(25)14-16/h2,4-7,14-15H,1,3,8-13H2,(H2,27,28,29,30,32). The molecule has 10 heteroatoms. The molecule has 0 unspecified atom stereocenters. The van der Waals surface area contributed by atoms with Gasteiger partial charge in [0.1, 0.15) is 17.4 Å². The van der Waals surface area contributed by atoms with Crippen LogP contribution >= 0.6 is 11.6 Å². The molecule has 2 aromatic carbocycles. The van der Waals surface area contributed by atoms with Gasteiger partial charge in [-0.3, -0.25) is 15.0 Å². The average molecular weight is 486 g/mol.